The van der Waals surface area contributed by atoms with Crippen LogP contribution in [0.3, 0.4) is 0 Å². The van der Waals surface area contributed by atoms with Crippen molar-refractivity contribution in [2.24, 2.45) is 0 Å². The lowest BCUT2D eigenvalue weighted by Crippen LogP contribution is -2.50. The number of hydrogen-bond acceptors (Lipinski definition) is 5. The highest BCUT2D eigenvalue weighted by molar-refractivity contribution is 7.89. The maximum absolute atomic E-state index is 12.4. The number of sulfonamides is 1. The molecular formula is C11H12ClN3O5S. The van der Waals surface area contributed by atoms with Crippen LogP contribution in [-0.2, 0) is 14.8 Å². The SMILES string of the molecule is CN1CCN(S(=O)(=O)c2ccc(Cl)c([N+](=O)[O-])c2)CC1=O. The van der Waals surface area contributed by atoms with E-state index in [9.17, 15) is 23.3 Å². The zero-order valence-electron chi connectivity index (χ0n) is 11.0. The van der Waals surface area contributed by atoms with Gasteiger partial charge in [0.25, 0.3) is 5.69 Å². The predicted molar refractivity (Wildman–Crippen MR) is 74.5 cm³/mol. The van der Waals surface area contributed by atoms with Crippen molar-refractivity contribution in [1.29, 1.82) is 0 Å². The largest absolute Gasteiger partial charge is 0.343 e. The van der Waals surface area contributed by atoms with E-state index in [-0.39, 0.29) is 35.5 Å². The van der Waals surface area contributed by atoms with E-state index >= 15 is 0 Å². The Morgan fingerprint density at radius 3 is 2.57 bits per heavy atom. The van der Waals surface area contributed by atoms with Crippen molar-refractivity contribution in [1.82, 2.24) is 9.21 Å². The summed E-state index contributed by atoms with van der Waals surface area (Å²) in [5, 5.41) is 10.7. The minimum Gasteiger partial charge on any atom is -0.343 e. The van der Waals surface area contributed by atoms with Crippen molar-refractivity contribution in [2.75, 3.05) is 26.7 Å². The van der Waals surface area contributed by atoms with Gasteiger partial charge < -0.3 is 4.90 Å². The number of rotatable bonds is 3. The molecule has 1 aromatic rings. The number of nitro groups is 1. The van der Waals surface area contributed by atoms with Crippen LogP contribution in [0.2, 0.25) is 5.02 Å². The van der Waals surface area contributed by atoms with Crippen molar-refractivity contribution in [3.63, 3.8) is 0 Å². The molecule has 0 atom stereocenters. The molecule has 1 amide bonds. The first-order valence-electron chi connectivity index (χ1n) is 5.91. The third-order valence-corrected chi connectivity index (χ3v) is 5.34. The summed E-state index contributed by atoms with van der Waals surface area (Å²) in [6, 6.07) is 3.25. The first kappa shape index (κ1) is 15.7. The van der Waals surface area contributed by atoms with Gasteiger partial charge in [-0.25, -0.2) is 8.42 Å². The minimum absolute atomic E-state index is 0.140. The average molecular weight is 334 g/mol. The standard InChI is InChI=1S/C11H12ClN3O5S/c1-13-4-5-14(7-11(13)16)21(19,20)8-2-3-9(12)10(6-8)15(17)18/h2-3,6H,4-5,7H2,1H3. The van der Waals surface area contributed by atoms with Gasteiger partial charge in [0.2, 0.25) is 15.9 Å². The number of carbonyl (C=O) groups is 1. The Bertz CT molecular complexity index is 706. The van der Waals surface area contributed by atoms with Crippen LogP contribution < -0.4 is 0 Å². The quantitative estimate of drug-likeness (QED) is 0.599. The number of halogens is 1. The summed E-state index contributed by atoms with van der Waals surface area (Å²) < 4.78 is 25.8. The molecule has 0 aromatic heterocycles. The van der Waals surface area contributed by atoms with E-state index in [1.807, 2.05) is 0 Å². The molecule has 0 bridgehead atoms. The molecule has 0 N–H and O–H groups in total. The fourth-order valence-corrected chi connectivity index (χ4v) is 3.47. The Balaban J connectivity index is 2.38. The van der Waals surface area contributed by atoms with E-state index in [1.165, 1.54) is 11.0 Å². The van der Waals surface area contributed by atoms with E-state index in [1.54, 1.807) is 7.05 Å². The number of nitrogens with zero attached hydrogens (tertiary/aromatic N) is 3. The van der Waals surface area contributed by atoms with Gasteiger partial charge in [0, 0.05) is 26.2 Å². The van der Waals surface area contributed by atoms with Crippen LogP contribution in [0, 0.1) is 10.1 Å². The lowest BCUT2D eigenvalue weighted by Gasteiger charge is -2.31. The summed E-state index contributed by atoms with van der Waals surface area (Å²) >= 11 is 5.66. The van der Waals surface area contributed by atoms with Gasteiger partial charge in [-0.2, -0.15) is 4.31 Å². The van der Waals surface area contributed by atoms with Crippen LogP contribution in [0.15, 0.2) is 23.1 Å². The maximum atomic E-state index is 12.4. The van der Waals surface area contributed by atoms with Gasteiger partial charge in [0.05, 0.1) is 16.4 Å². The van der Waals surface area contributed by atoms with Gasteiger partial charge in [-0.05, 0) is 12.1 Å². The number of likely N-dealkylation sites (N-methyl/N-ethyl adjacent to an activating group) is 1. The highest BCUT2D eigenvalue weighted by Gasteiger charge is 2.32. The van der Waals surface area contributed by atoms with E-state index in [4.69, 9.17) is 11.6 Å². The summed E-state index contributed by atoms with van der Waals surface area (Å²) in [6.45, 7) is 0.129. The molecule has 0 aliphatic carbocycles. The molecule has 1 aliphatic rings. The molecular weight excluding hydrogens is 322 g/mol. The van der Waals surface area contributed by atoms with Crippen molar-refractivity contribution in [3.8, 4) is 0 Å². The van der Waals surface area contributed by atoms with Crippen molar-refractivity contribution < 1.29 is 18.1 Å². The molecule has 0 saturated carbocycles. The van der Waals surface area contributed by atoms with Gasteiger partial charge in [-0.15, -0.1) is 0 Å². The Kier molecular flexibility index (Phi) is 4.17. The normalized spacial score (nSPS) is 17.0. The summed E-state index contributed by atoms with van der Waals surface area (Å²) in [4.78, 5) is 22.8. The topological polar surface area (TPSA) is 101 Å². The van der Waals surface area contributed by atoms with Crippen LogP contribution in [0.4, 0.5) is 5.69 Å². The lowest BCUT2D eigenvalue weighted by atomic mass is 10.3. The summed E-state index contributed by atoms with van der Waals surface area (Å²) in [5.41, 5.74) is -0.488. The summed E-state index contributed by atoms with van der Waals surface area (Å²) in [7, 11) is -2.39. The molecule has 10 heteroatoms. The van der Waals surface area contributed by atoms with Crippen molar-refractivity contribution in [2.45, 2.75) is 4.90 Å². The van der Waals surface area contributed by atoms with E-state index < -0.39 is 20.6 Å². The van der Waals surface area contributed by atoms with Gasteiger partial charge >= 0.3 is 0 Å². The first-order valence-corrected chi connectivity index (χ1v) is 7.73. The fraction of sp³-hybridized carbons (Fsp3) is 0.364. The molecule has 0 spiro atoms. The van der Waals surface area contributed by atoms with Crippen LogP contribution in [-0.4, -0.2) is 55.1 Å². The Morgan fingerprint density at radius 1 is 1.33 bits per heavy atom. The number of nitro benzene ring substituents is 1. The number of carbonyl (C=O) groups excluding carboxylic acids is 1. The monoisotopic (exact) mass is 333 g/mol. The van der Waals surface area contributed by atoms with Crippen LogP contribution >= 0.6 is 11.6 Å². The molecule has 1 saturated heterocycles. The summed E-state index contributed by atoms with van der Waals surface area (Å²) in [5.74, 6) is -0.326. The van der Waals surface area contributed by atoms with Gasteiger partial charge in [-0.3, -0.25) is 14.9 Å². The van der Waals surface area contributed by atoms with Crippen LogP contribution in [0.1, 0.15) is 0 Å². The second kappa shape index (κ2) is 5.58. The molecule has 1 fully saturated rings. The number of hydrogen-bond donors (Lipinski definition) is 0. The zero-order chi connectivity index (χ0) is 15.8. The number of benzene rings is 1. The molecule has 1 aliphatic heterocycles. The van der Waals surface area contributed by atoms with Crippen molar-refractivity contribution in [3.05, 3.63) is 33.3 Å². The Morgan fingerprint density at radius 2 is 2.00 bits per heavy atom. The number of amides is 1. The zero-order valence-corrected chi connectivity index (χ0v) is 12.6. The molecule has 8 nitrogen and oxygen atoms in total. The van der Waals surface area contributed by atoms with E-state index in [0.717, 1.165) is 16.4 Å². The summed E-state index contributed by atoms with van der Waals surface area (Å²) in [6.07, 6.45) is 0. The molecule has 114 valence electrons. The third kappa shape index (κ3) is 2.99. The molecule has 0 radical (unpaired) electrons. The molecule has 1 heterocycles. The first-order chi connectivity index (χ1) is 9.73. The molecule has 1 aromatic carbocycles. The Labute approximate surface area is 126 Å². The molecule has 2 rings (SSSR count). The highest BCUT2D eigenvalue weighted by atomic mass is 35.5. The lowest BCUT2D eigenvalue weighted by molar-refractivity contribution is -0.384. The van der Waals surface area contributed by atoms with Gasteiger partial charge in [0.1, 0.15) is 5.02 Å². The van der Waals surface area contributed by atoms with E-state index in [2.05, 4.69) is 0 Å². The van der Waals surface area contributed by atoms with Crippen LogP contribution in [0.5, 0.6) is 0 Å². The smallest absolute Gasteiger partial charge is 0.289 e. The highest BCUT2D eigenvalue weighted by Crippen LogP contribution is 2.28. The minimum atomic E-state index is -3.97. The Hall–Kier alpha value is -1.71. The molecule has 21 heavy (non-hydrogen) atoms. The van der Waals surface area contributed by atoms with Gasteiger partial charge in [-0.1, -0.05) is 11.6 Å². The van der Waals surface area contributed by atoms with Gasteiger partial charge in [0.15, 0.2) is 0 Å². The average Bonchev–Trinajstić information content (AvgIpc) is 2.41. The van der Waals surface area contributed by atoms with E-state index in [0.29, 0.717) is 0 Å². The third-order valence-electron chi connectivity index (χ3n) is 3.17. The number of piperazine rings is 1. The van der Waals surface area contributed by atoms with Crippen molar-refractivity contribution >= 4 is 33.2 Å². The second-order valence-corrected chi connectivity index (χ2v) is 6.87. The fourth-order valence-electron chi connectivity index (χ4n) is 1.88. The molecule has 0 unspecified atom stereocenters. The maximum Gasteiger partial charge on any atom is 0.289 e. The van der Waals surface area contributed by atoms with Crippen LogP contribution in [0.25, 0.3) is 0 Å². The second-order valence-electron chi connectivity index (χ2n) is 4.52. The predicted octanol–water partition coefficient (Wildman–Crippen LogP) is 0.711.